The average molecular weight is 307 g/mol. The SMILES string of the molecule is O=C(NCc1ccc(F)c(F)c1)c1coc(C2CCCN2)n1. The predicted molar refractivity (Wildman–Crippen MR) is 74.0 cm³/mol. The average Bonchev–Trinajstić information content (AvgIpc) is 3.18. The lowest BCUT2D eigenvalue weighted by Gasteiger charge is -2.04. The molecule has 5 nitrogen and oxygen atoms in total. The van der Waals surface area contributed by atoms with Gasteiger partial charge < -0.3 is 15.1 Å². The number of carbonyl (C=O) groups is 1. The van der Waals surface area contributed by atoms with Crippen molar-refractivity contribution in [2.24, 2.45) is 0 Å². The smallest absolute Gasteiger partial charge is 0.273 e. The van der Waals surface area contributed by atoms with Crippen LogP contribution in [0, 0.1) is 11.6 Å². The van der Waals surface area contributed by atoms with E-state index in [1.807, 2.05) is 0 Å². The Bertz CT molecular complexity index is 681. The van der Waals surface area contributed by atoms with Crippen molar-refractivity contribution in [2.75, 3.05) is 6.54 Å². The zero-order valence-electron chi connectivity index (χ0n) is 11.7. The predicted octanol–water partition coefficient (Wildman–Crippen LogP) is 2.31. The van der Waals surface area contributed by atoms with E-state index in [2.05, 4.69) is 15.6 Å². The lowest BCUT2D eigenvalue weighted by atomic mass is 10.2. The maximum absolute atomic E-state index is 13.1. The first-order valence-corrected chi connectivity index (χ1v) is 7.04. The second kappa shape index (κ2) is 6.23. The summed E-state index contributed by atoms with van der Waals surface area (Å²) in [6, 6.07) is 3.53. The number of rotatable bonds is 4. The molecular formula is C15H15F2N3O2. The highest BCUT2D eigenvalue weighted by Gasteiger charge is 2.22. The fourth-order valence-electron chi connectivity index (χ4n) is 2.37. The molecule has 1 amide bonds. The van der Waals surface area contributed by atoms with Crippen LogP contribution in [-0.2, 0) is 6.54 Å². The van der Waals surface area contributed by atoms with Crippen molar-refractivity contribution in [3.05, 3.63) is 53.2 Å². The van der Waals surface area contributed by atoms with Gasteiger partial charge in [0.15, 0.2) is 17.3 Å². The number of nitrogens with zero attached hydrogens (tertiary/aromatic N) is 1. The zero-order valence-corrected chi connectivity index (χ0v) is 11.7. The molecule has 22 heavy (non-hydrogen) atoms. The molecule has 2 N–H and O–H groups in total. The Morgan fingerprint density at radius 1 is 1.41 bits per heavy atom. The molecule has 0 bridgehead atoms. The van der Waals surface area contributed by atoms with Gasteiger partial charge in [-0.2, -0.15) is 0 Å². The summed E-state index contributed by atoms with van der Waals surface area (Å²) in [5.41, 5.74) is 0.639. The summed E-state index contributed by atoms with van der Waals surface area (Å²) in [6.45, 7) is 0.991. The van der Waals surface area contributed by atoms with Crippen LogP contribution in [0.2, 0.25) is 0 Å². The van der Waals surface area contributed by atoms with Crippen molar-refractivity contribution < 1.29 is 18.0 Å². The fraction of sp³-hybridized carbons (Fsp3) is 0.333. The van der Waals surface area contributed by atoms with Crippen LogP contribution < -0.4 is 10.6 Å². The first kappa shape index (κ1) is 14.6. The molecule has 1 aliphatic heterocycles. The van der Waals surface area contributed by atoms with Crippen LogP contribution in [0.3, 0.4) is 0 Å². The Hall–Kier alpha value is -2.28. The number of halogens is 2. The summed E-state index contributed by atoms with van der Waals surface area (Å²) in [5, 5.41) is 5.82. The highest BCUT2D eigenvalue weighted by Crippen LogP contribution is 2.22. The molecule has 1 saturated heterocycles. The van der Waals surface area contributed by atoms with Gasteiger partial charge >= 0.3 is 0 Å². The molecule has 0 aliphatic carbocycles. The molecule has 116 valence electrons. The van der Waals surface area contributed by atoms with Gasteiger partial charge in [0.25, 0.3) is 5.91 Å². The summed E-state index contributed by atoms with van der Waals surface area (Å²) in [6.07, 6.45) is 3.27. The quantitative estimate of drug-likeness (QED) is 0.909. The number of hydrogen-bond acceptors (Lipinski definition) is 4. The zero-order chi connectivity index (χ0) is 15.5. The van der Waals surface area contributed by atoms with Gasteiger partial charge in [0, 0.05) is 6.54 Å². The molecule has 7 heteroatoms. The molecule has 1 aliphatic rings. The Morgan fingerprint density at radius 3 is 3.00 bits per heavy atom. The van der Waals surface area contributed by atoms with Gasteiger partial charge in [-0.25, -0.2) is 13.8 Å². The molecule has 1 unspecified atom stereocenters. The van der Waals surface area contributed by atoms with Crippen LogP contribution in [-0.4, -0.2) is 17.4 Å². The van der Waals surface area contributed by atoms with E-state index in [4.69, 9.17) is 4.42 Å². The molecule has 2 heterocycles. The van der Waals surface area contributed by atoms with E-state index >= 15 is 0 Å². The number of benzene rings is 1. The van der Waals surface area contributed by atoms with Gasteiger partial charge in [-0.3, -0.25) is 4.79 Å². The number of hydrogen-bond donors (Lipinski definition) is 2. The van der Waals surface area contributed by atoms with E-state index in [-0.39, 0.29) is 18.3 Å². The molecule has 3 rings (SSSR count). The van der Waals surface area contributed by atoms with Crippen LogP contribution in [0.1, 0.15) is 40.8 Å². The van der Waals surface area contributed by atoms with Crippen LogP contribution >= 0.6 is 0 Å². The number of oxazole rings is 1. The standard InChI is InChI=1S/C15H15F2N3O2/c16-10-4-3-9(6-11(10)17)7-19-14(21)13-8-22-15(20-13)12-2-1-5-18-12/h3-4,6,8,12,18H,1-2,5,7H2,(H,19,21). The third-order valence-electron chi connectivity index (χ3n) is 3.55. The minimum Gasteiger partial charge on any atom is -0.446 e. The third kappa shape index (κ3) is 3.14. The van der Waals surface area contributed by atoms with E-state index in [0.717, 1.165) is 31.5 Å². The lowest BCUT2D eigenvalue weighted by molar-refractivity contribution is 0.0946. The second-order valence-electron chi connectivity index (χ2n) is 5.15. The molecule has 0 spiro atoms. The highest BCUT2D eigenvalue weighted by atomic mass is 19.2. The van der Waals surface area contributed by atoms with Crippen molar-refractivity contribution in [1.29, 1.82) is 0 Å². The Labute approximate surface area is 125 Å². The van der Waals surface area contributed by atoms with Crippen molar-refractivity contribution in [3.63, 3.8) is 0 Å². The van der Waals surface area contributed by atoms with E-state index in [1.165, 1.54) is 12.3 Å². The minimum atomic E-state index is -0.942. The van der Waals surface area contributed by atoms with Crippen LogP contribution in [0.4, 0.5) is 8.78 Å². The molecular weight excluding hydrogens is 292 g/mol. The largest absolute Gasteiger partial charge is 0.446 e. The lowest BCUT2D eigenvalue weighted by Crippen LogP contribution is -2.23. The van der Waals surface area contributed by atoms with Gasteiger partial charge in [-0.15, -0.1) is 0 Å². The number of nitrogens with one attached hydrogen (secondary N) is 2. The first-order valence-electron chi connectivity index (χ1n) is 7.04. The van der Waals surface area contributed by atoms with Crippen molar-refractivity contribution >= 4 is 5.91 Å². The normalized spacial score (nSPS) is 17.6. The Kier molecular flexibility index (Phi) is 4.15. The van der Waals surface area contributed by atoms with Crippen molar-refractivity contribution in [2.45, 2.75) is 25.4 Å². The summed E-state index contributed by atoms with van der Waals surface area (Å²) in [4.78, 5) is 16.1. The van der Waals surface area contributed by atoms with E-state index in [0.29, 0.717) is 11.5 Å². The molecule has 2 aromatic rings. The number of carbonyl (C=O) groups excluding carboxylic acids is 1. The third-order valence-corrected chi connectivity index (χ3v) is 3.55. The van der Waals surface area contributed by atoms with Crippen LogP contribution in [0.15, 0.2) is 28.9 Å². The van der Waals surface area contributed by atoms with Crippen molar-refractivity contribution in [3.8, 4) is 0 Å². The molecule has 0 saturated carbocycles. The Morgan fingerprint density at radius 2 is 2.27 bits per heavy atom. The molecule has 1 atom stereocenters. The monoisotopic (exact) mass is 307 g/mol. The van der Waals surface area contributed by atoms with Crippen LogP contribution in [0.5, 0.6) is 0 Å². The topological polar surface area (TPSA) is 67.2 Å². The van der Waals surface area contributed by atoms with E-state index in [9.17, 15) is 13.6 Å². The molecule has 1 aromatic heterocycles. The summed E-state index contributed by atoms with van der Waals surface area (Å²) in [5.74, 6) is -1.78. The minimum absolute atomic E-state index is 0.0488. The maximum Gasteiger partial charge on any atom is 0.273 e. The Balaban J connectivity index is 1.60. The maximum atomic E-state index is 13.1. The molecule has 1 fully saturated rings. The van der Waals surface area contributed by atoms with Crippen LogP contribution in [0.25, 0.3) is 0 Å². The summed E-state index contributed by atoms with van der Waals surface area (Å²) < 4.78 is 31.2. The van der Waals surface area contributed by atoms with Gasteiger partial charge in [0.1, 0.15) is 6.26 Å². The number of aromatic nitrogens is 1. The van der Waals surface area contributed by atoms with Gasteiger partial charge in [0.2, 0.25) is 5.89 Å². The fourth-order valence-corrected chi connectivity index (χ4v) is 2.37. The summed E-state index contributed by atoms with van der Waals surface area (Å²) >= 11 is 0. The number of amides is 1. The van der Waals surface area contributed by atoms with Gasteiger partial charge in [-0.05, 0) is 37.1 Å². The second-order valence-corrected chi connectivity index (χ2v) is 5.15. The van der Waals surface area contributed by atoms with Crippen molar-refractivity contribution in [1.82, 2.24) is 15.6 Å². The van der Waals surface area contributed by atoms with Gasteiger partial charge in [0.05, 0.1) is 6.04 Å². The summed E-state index contributed by atoms with van der Waals surface area (Å²) in [7, 11) is 0. The highest BCUT2D eigenvalue weighted by molar-refractivity contribution is 5.91. The molecule has 1 aromatic carbocycles. The van der Waals surface area contributed by atoms with E-state index in [1.54, 1.807) is 0 Å². The first-order chi connectivity index (χ1) is 10.6. The van der Waals surface area contributed by atoms with E-state index < -0.39 is 17.5 Å². The van der Waals surface area contributed by atoms with Gasteiger partial charge in [-0.1, -0.05) is 6.07 Å². The molecule has 0 radical (unpaired) electrons.